The smallest absolute Gasteiger partial charge is 0.118 e. The van der Waals surface area contributed by atoms with Gasteiger partial charge in [-0.2, -0.15) is 0 Å². The molecule has 1 fully saturated rings. The lowest BCUT2D eigenvalue weighted by Gasteiger charge is -2.28. The van der Waals surface area contributed by atoms with Crippen LogP contribution in [0.15, 0.2) is 12.1 Å². The summed E-state index contributed by atoms with van der Waals surface area (Å²) < 4.78 is 0. The lowest BCUT2D eigenvalue weighted by atomic mass is 9.96. The molecule has 0 aliphatic carbocycles. The van der Waals surface area contributed by atoms with Crippen LogP contribution in [0, 0.1) is 13.8 Å². The van der Waals surface area contributed by atoms with Crippen LogP contribution in [0.25, 0.3) is 0 Å². The molecule has 0 amide bonds. The number of nitrogens with zero attached hydrogens (tertiary/aromatic N) is 1. The minimum Gasteiger partial charge on any atom is -0.508 e. The van der Waals surface area contributed by atoms with Gasteiger partial charge >= 0.3 is 0 Å². The number of piperazine rings is 1. The number of phenolic OH excluding ortho intramolecular Hbond substituents is 1. The number of aromatic hydroxyl groups is 1. The van der Waals surface area contributed by atoms with Gasteiger partial charge in [-0.25, -0.2) is 0 Å². The molecule has 1 unspecified atom stereocenters. The van der Waals surface area contributed by atoms with E-state index in [0.717, 1.165) is 55.8 Å². The summed E-state index contributed by atoms with van der Waals surface area (Å²) >= 11 is 0. The van der Waals surface area contributed by atoms with Crippen molar-refractivity contribution in [1.82, 2.24) is 10.2 Å². The number of aliphatic hydroxyl groups is 1. The standard InChI is InChI=1S/C15H24N2O2/c1-11-12(2)14(18)4-3-13(11)15(19)5-8-17-9-6-16-7-10-17/h3-4,15-16,18-19H,5-10H2,1-2H3. The van der Waals surface area contributed by atoms with Crippen LogP contribution < -0.4 is 5.32 Å². The largest absolute Gasteiger partial charge is 0.508 e. The monoisotopic (exact) mass is 264 g/mol. The Bertz CT molecular complexity index is 428. The molecule has 1 aliphatic rings. The third-order valence-corrected chi connectivity index (χ3v) is 4.09. The molecule has 1 aliphatic heterocycles. The Morgan fingerprint density at radius 1 is 1.21 bits per heavy atom. The molecule has 4 heteroatoms. The number of benzene rings is 1. The summed E-state index contributed by atoms with van der Waals surface area (Å²) in [6.07, 6.45) is 0.291. The molecule has 0 bridgehead atoms. The van der Waals surface area contributed by atoms with Crippen LogP contribution in [-0.2, 0) is 0 Å². The fourth-order valence-corrected chi connectivity index (χ4v) is 2.58. The van der Waals surface area contributed by atoms with Crippen molar-refractivity contribution < 1.29 is 10.2 Å². The topological polar surface area (TPSA) is 55.7 Å². The molecule has 2 rings (SSSR count). The van der Waals surface area contributed by atoms with E-state index < -0.39 is 6.10 Å². The van der Waals surface area contributed by atoms with Crippen LogP contribution in [0.1, 0.15) is 29.2 Å². The summed E-state index contributed by atoms with van der Waals surface area (Å²) in [6.45, 7) is 8.94. The Kier molecular flexibility index (Phi) is 4.80. The number of aliphatic hydroxyl groups excluding tert-OH is 1. The average molecular weight is 264 g/mol. The normalized spacial score (nSPS) is 18.5. The fraction of sp³-hybridized carbons (Fsp3) is 0.600. The molecule has 0 aromatic heterocycles. The summed E-state index contributed by atoms with van der Waals surface area (Å²) in [5.74, 6) is 0.301. The van der Waals surface area contributed by atoms with Gasteiger partial charge in [0.1, 0.15) is 5.75 Å². The van der Waals surface area contributed by atoms with Crippen LogP contribution in [0.3, 0.4) is 0 Å². The molecule has 0 saturated carbocycles. The van der Waals surface area contributed by atoms with E-state index in [1.165, 1.54) is 0 Å². The third-order valence-electron chi connectivity index (χ3n) is 4.09. The van der Waals surface area contributed by atoms with Crippen LogP contribution >= 0.6 is 0 Å². The molecule has 1 aromatic rings. The van der Waals surface area contributed by atoms with Crippen molar-refractivity contribution in [2.24, 2.45) is 0 Å². The van der Waals surface area contributed by atoms with Gasteiger partial charge in [-0.15, -0.1) is 0 Å². The molecule has 0 radical (unpaired) electrons. The summed E-state index contributed by atoms with van der Waals surface area (Å²) in [7, 11) is 0. The Labute approximate surface area is 115 Å². The number of hydrogen-bond acceptors (Lipinski definition) is 4. The van der Waals surface area contributed by atoms with Crippen LogP contribution in [0.4, 0.5) is 0 Å². The third kappa shape index (κ3) is 3.47. The summed E-state index contributed by atoms with van der Waals surface area (Å²) in [5.41, 5.74) is 2.79. The summed E-state index contributed by atoms with van der Waals surface area (Å²) in [6, 6.07) is 3.51. The van der Waals surface area contributed by atoms with Crippen molar-refractivity contribution in [2.45, 2.75) is 26.4 Å². The highest BCUT2D eigenvalue weighted by molar-refractivity contribution is 5.43. The van der Waals surface area contributed by atoms with Gasteiger partial charge in [0.15, 0.2) is 0 Å². The van der Waals surface area contributed by atoms with Gasteiger partial charge in [0.25, 0.3) is 0 Å². The molecule has 4 nitrogen and oxygen atoms in total. The fourth-order valence-electron chi connectivity index (χ4n) is 2.58. The molecule has 19 heavy (non-hydrogen) atoms. The Morgan fingerprint density at radius 2 is 1.89 bits per heavy atom. The van der Waals surface area contributed by atoms with Crippen molar-refractivity contribution in [3.8, 4) is 5.75 Å². The van der Waals surface area contributed by atoms with Gasteiger partial charge in [-0.3, -0.25) is 0 Å². The zero-order chi connectivity index (χ0) is 13.8. The van der Waals surface area contributed by atoms with Gasteiger partial charge in [0.2, 0.25) is 0 Å². The first-order valence-electron chi connectivity index (χ1n) is 7.00. The van der Waals surface area contributed by atoms with Gasteiger partial charge in [-0.05, 0) is 43.0 Å². The highest BCUT2D eigenvalue weighted by Crippen LogP contribution is 2.28. The lowest BCUT2D eigenvalue weighted by molar-refractivity contribution is 0.136. The summed E-state index contributed by atoms with van der Waals surface area (Å²) in [5, 5.41) is 23.3. The van der Waals surface area contributed by atoms with E-state index in [1.54, 1.807) is 6.07 Å². The van der Waals surface area contributed by atoms with E-state index in [-0.39, 0.29) is 0 Å². The highest BCUT2D eigenvalue weighted by atomic mass is 16.3. The second-order valence-electron chi connectivity index (χ2n) is 5.32. The number of phenols is 1. The molecule has 3 N–H and O–H groups in total. The maximum atomic E-state index is 10.3. The lowest BCUT2D eigenvalue weighted by Crippen LogP contribution is -2.44. The van der Waals surface area contributed by atoms with Crippen LogP contribution in [0.5, 0.6) is 5.75 Å². The van der Waals surface area contributed by atoms with E-state index in [9.17, 15) is 10.2 Å². The SMILES string of the molecule is Cc1c(O)ccc(C(O)CCN2CCNCC2)c1C. The maximum Gasteiger partial charge on any atom is 0.118 e. The van der Waals surface area contributed by atoms with E-state index in [0.29, 0.717) is 5.75 Å². The average Bonchev–Trinajstić information content (AvgIpc) is 2.43. The number of rotatable bonds is 4. The van der Waals surface area contributed by atoms with Crippen molar-refractivity contribution in [3.05, 3.63) is 28.8 Å². The van der Waals surface area contributed by atoms with Crippen molar-refractivity contribution in [1.29, 1.82) is 0 Å². The number of nitrogens with one attached hydrogen (secondary N) is 1. The van der Waals surface area contributed by atoms with E-state index >= 15 is 0 Å². The van der Waals surface area contributed by atoms with Gasteiger partial charge in [-0.1, -0.05) is 6.07 Å². The van der Waals surface area contributed by atoms with E-state index in [2.05, 4.69) is 10.2 Å². The second-order valence-corrected chi connectivity index (χ2v) is 5.32. The molecule has 1 aromatic carbocycles. The van der Waals surface area contributed by atoms with Crippen LogP contribution in [0.2, 0.25) is 0 Å². The minimum absolute atomic E-state index is 0.301. The molecule has 1 saturated heterocycles. The van der Waals surface area contributed by atoms with Crippen molar-refractivity contribution in [2.75, 3.05) is 32.7 Å². The van der Waals surface area contributed by atoms with Gasteiger partial charge < -0.3 is 20.4 Å². The van der Waals surface area contributed by atoms with Crippen LogP contribution in [-0.4, -0.2) is 47.8 Å². The Balaban J connectivity index is 1.95. The zero-order valence-electron chi connectivity index (χ0n) is 11.8. The van der Waals surface area contributed by atoms with Gasteiger partial charge in [0.05, 0.1) is 6.10 Å². The molecular weight excluding hydrogens is 240 g/mol. The first-order chi connectivity index (χ1) is 9.09. The summed E-state index contributed by atoms with van der Waals surface area (Å²) in [4.78, 5) is 2.38. The molecule has 1 heterocycles. The van der Waals surface area contributed by atoms with Crippen molar-refractivity contribution >= 4 is 0 Å². The van der Waals surface area contributed by atoms with Crippen molar-refractivity contribution in [3.63, 3.8) is 0 Å². The first-order valence-corrected chi connectivity index (χ1v) is 7.00. The zero-order valence-corrected chi connectivity index (χ0v) is 11.8. The molecule has 0 spiro atoms. The highest BCUT2D eigenvalue weighted by Gasteiger charge is 2.16. The predicted octanol–water partition coefficient (Wildman–Crippen LogP) is 1.34. The van der Waals surface area contributed by atoms with E-state index in [4.69, 9.17) is 0 Å². The predicted molar refractivity (Wildman–Crippen MR) is 76.5 cm³/mol. The maximum absolute atomic E-state index is 10.3. The Morgan fingerprint density at radius 3 is 2.58 bits per heavy atom. The molecular formula is C15H24N2O2. The molecule has 1 atom stereocenters. The Hall–Kier alpha value is -1.10. The van der Waals surface area contributed by atoms with E-state index in [1.807, 2.05) is 19.9 Å². The second kappa shape index (κ2) is 6.37. The quantitative estimate of drug-likeness (QED) is 0.768. The first kappa shape index (κ1) is 14.3. The number of hydrogen-bond donors (Lipinski definition) is 3. The molecule has 106 valence electrons. The minimum atomic E-state index is -0.450. The van der Waals surface area contributed by atoms with Gasteiger partial charge in [0, 0.05) is 32.7 Å².